The van der Waals surface area contributed by atoms with Gasteiger partial charge >= 0.3 is 0 Å². The number of rotatable bonds is 5. The average molecular weight is 360 g/mol. The molecule has 7 heteroatoms. The van der Waals surface area contributed by atoms with E-state index in [1.807, 2.05) is 30.3 Å². The molecule has 0 atom stereocenters. The predicted octanol–water partition coefficient (Wildman–Crippen LogP) is 4.86. The molecule has 0 amide bonds. The highest BCUT2D eigenvalue weighted by atomic mass is 19.1. The Morgan fingerprint density at radius 1 is 0.963 bits per heavy atom. The lowest BCUT2D eigenvalue weighted by molar-refractivity contribution is 0.628. The van der Waals surface area contributed by atoms with Crippen LogP contribution in [0.15, 0.2) is 54.6 Å². The Labute approximate surface area is 154 Å². The van der Waals surface area contributed by atoms with Gasteiger partial charge < -0.3 is 10.6 Å². The van der Waals surface area contributed by atoms with Crippen LogP contribution < -0.4 is 10.6 Å². The minimum Gasteiger partial charge on any atom is -0.324 e. The maximum atomic E-state index is 13.1. The van der Waals surface area contributed by atoms with E-state index in [-0.39, 0.29) is 5.82 Å². The second-order valence-corrected chi connectivity index (χ2v) is 6.65. The summed E-state index contributed by atoms with van der Waals surface area (Å²) >= 11 is 0. The summed E-state index contributed by atoms with van der Waals surface area (Å²) in [4.78, 5) is 9.16. The second kappa shape index (κ2) is 6.35. The third-order valence-electron chi connectivity index (χ3n) is 4.56. The fraction of sp³-hybridized carbons (Fsp3) is 0.150. The van der Waals surface area contributed by atoms with Gasteiger partial charge in [0.2, 0.25) is 5.95 Å². The molecule has 1 aliphatic rings. The molecular weight excluding hydrogens is 343 g/mol. The van der Waals surface area contributed by atoms with Gasteiger partial charge in [-0.3, -0.25) is 5.10 Å². The van der Waals surface area contributed by atoms with Crippen molar-refractivity contribution in [3.63, 3.8) is 0 Å². The van der Waals surface area contributed by atoms with Gasteiger partial charge in [-0.15, -0.1) is 0 Å². The van der Waals surface area contributed by atoms with Gasteiger partial charge in [-0.1, -0.05) is 12.1 Å². The van der Waals surface area contributed by atoms with Crippen molar-refractivity contribution in [3.8, 4) is 0 Å². The molecule has 2 aromatic carbocycles. The summed E-state index contributed by atoms with van der Waals surface area (Å²) in [6, 6.07) is 15.9. The third-order valence-corrected chi connectivity index (χ3v) is 4.56. The van der Waals surface area contributed by atoms with Crippen LogP contribution in [0.5, 0.6) is 0 Å². The van der Waals surface area contributed by atoms with E-state index in [1.54, 1.807) is 12.1 Å². The first-order valence-electron chi connectivity index (χ1n) is 8.86. The van der Waals surface area contributed by atoms with Gasteiger partial charge in [0.15, 0.2) is 5.82 Å². The monoisotopic (exact) mass is 360 g/mol. The summed E-state index contributed by atoms with van der Waals surface area (Å²) in [5.41, 5.74) is 2.67. The number of nitrogens with zero attached hydrogens (tertiary/aromatic N) is 3. The zero-order valence-corrected chi connectivity index (χ0v) is 14.4. The quantitative estimate of drug-likeness (QED) is 0.474. The molecule has 0 aliphatic heterocycles. The van der Waals surface area contributed by atoms with Crippen LogP contribution in [0.3, 0.4) is 0 Å². The average Bonchev–Trinajstić information content (AvgIpc) is 3.43. The number of anilines is 4. The first kappa shape index (κ1) is 15.7. The highest BCUT2D eigenvalue weighted by molar-refractivity contribution is 5.91. The molecule has 1 saturated carbocycles. The van der Waals surface area contributed by atoms with E-state index in [4.69, 9.17) is 0 Å². The van der Waals surface area contributed by atoms with E-state index in [2.05, 4.69) is 30.8 Å². The lowest BCUT2D eigenvalue weighted by atomic mass is 10.2. The van der Waals surface area contributed by atoms with Gasteiger partial charge in [-0.2, -0.15) is 10.1 Å². The van der Waals surface area contributed by atoms with Crippen LogP contribution in [0, 0.1) is 5.82 Å². The number of fused-ring (bicyclic) bond motifs is 1. The van der Waals surface area contributed by atoms with Gasteiger partial charge in [0.1, 0.15) is 11.6 Å². The first-order chi connectivity index (χ1) is 13.2. The number of aromatic amines is 1. The van der Waals surface area contributed by atoms with Crippen LogP contribution in [-0.4, -0.2) is 20.2 Å². The van der Waals surface area contributed by atoms with Crippen LogP contribution in [0.25, 0.3) is 10.9 Å². The fourth-order valence-electron chi connectivity index (χ4n) is 3.02. The molecule has 0 unspecified atom stereocenters. The van der Waals surface area contributed by atoms with Gasteiger partial charge in [0.25, 0.3) is 0 Å². The molecule has 0 bridgehead atoms. The first-order valence-corrected chi connectivity index (χ1v) is 8.86. The maximum absolute atomic E-state index is 13.1. The van der Waals surface area contributed by atoms with E-state index in [9.17, 15) is 4.39 Å². The van der Waals surface area contributed by atoms with Gasteiger partial charge in [0.05, 0.1) is 5.52 Å². The van der Waals surface area contributed by atoms with Gasteiger partial charge in [0, 0.05) is 28.8 Å². The lowest BCUT2D eigenvalue weighted by Gasteiger charge is -2.10. The SMILES string of the molecule is Fc1ccc(Nc2nc(Nc3cc(C4CC4)[nH]n3)c3ccccc3n2)cc1. The number of para-hydroxylation sites is 1. The molecule has 2 aromatic heterocycles. The van der Waals surface area contributed by atoms with Crippen molar-refractivity contribution in [1.82, 2.24) is 20.2 Å². The summed E-state index contributed by atoms with van der Waals surface area (Å²) in [6.07, 6.45) is 2.42. The topological polar surface area (TPSA) is 78.5 Å². The van der Waals surface area contributed by atoms with Crippen LogP contribution in [0.1, 0.15) is 24.5 Å². The molecule has 3 N–H and O–H groups in total. The molecule has 1 fully saturated rings. The van der Waals surface area contributed by atoms with Gasteiger partial charge in [-0.25, -0.2) is 9.37 Å². The van der Waals surface area contributed by atoms with Crippen LogP contribution in [0.4, 0.5) is 27.7 Å². The Kier molecular flexibility index (Phi) is 3.71. The van der Waals surface area contributed by atoms with Gasteiger partial charge in [-0.05, 0) is 49.2 Å². The highest BCUT2D eigenvalue weighted by Gasteiger charge is 2.25. The Balaban J connectivity index is 1.49. The van der Waals surface area contributed by atoms with Crippen LogP contribution in [-0.2, 0) is 0 Å². The molecule has 1 aliphatic carbocycles. The Morgan fingerprint density at radius 3 is 2.59 bits per heavy atom. The molecule has 0 spiro atoms. The Morgan fingerprint density at radius 2 is 1.78 bits per heavy atom. The summed E-state index contributed by atoms with van der Waals surface area (Å²) < 4.78 is 13.1. The van der Waals surface area contributed by atoms with Crippen molar-refractivity contribution in [2.45, 2.75) is 18.8 Å². The number of halogens is 1. The zero-order valence-electron chi connectivity index (χ0n) is 14.4. The van der Waals surface area contributed by atoms with Crippen LogP contribution >= 0.6 is 0 Å². The Bertz CT molecular complexity index is 1100. The van der Waals surface area contributed by atoms with E-state index < -0.39 is 0 Å². The third kappa shape index (κ3) is 3.31. The molecule has 5 rings (SSSR count). The maximum Gasteiger partial charge on any atom is 0.229 e. The highest BCUT2D eigenvalue weighted by Crippen LogP contribution is 2.39. The minimum atomic E-state index is -0.285. The largest absolute Gasteiger partial charge is 0.324 e. The summed E-state index contributed by atoms with van der Waals surface area (Å²) in [5.74, 6) is 2.14. The molecular formula is C20H17FN6. The number of aromatic nitrogens is 4. The predicted molar refractivity (Wildman–Crippen MR) is 103 cm³/mol. The smallest absolute Gasteiger partial charge is 0.229 e. The van der Waals surface area contributed by atoms with E-state index >= 15 is 0 Å². The van der Waals surface area contributed by atoms with Crippen molar-refractivity contribution < 1.29 is 4.39 Å². The fourth-order valence-corrected chi connectivity index (χ4v) is 3.02. The summed E-state index contributed by atoms with van der Waals surface area (Å²) in [7, 11) is 0. The number of hydrogen-bond donors (Lipinski definition) is 3. The van der Waals surface area contributed by atoms with E-state index in [0.29, 0.717) is 23.4 Å². The summed E-state index contributed by atoms with van der Waals surface area (Å²) in [6.45, 7) is 0. The van der Waals surface area contributed by atoms with Crippen LogP contribution in [0.2, 0.25) is 0 Å². The summed E-state index contributed by atoms with van der Waals surface area (Å²) in [5, 5.41) is 14.8. The number of nitrogens with one attached hydrogen (secondary N) is 3. The molecule has 4 aromatic rings. The standard InChI is InChI=1S/C20H17FN6/c21-13-7-9-14(10-8-13)22-20-23-16-4-2-1-3-15(16)19(25-20)24-18-11-17(26-27-18)12-5-6-12/h1-4,7-12H,5-6H2,(H3,22,23,24,25,26,27). The van der Waals surface area contributed by atoms with Crippen molar-refractivity contribution in [3.05, 3.63) is 66.1 Å². The van der Waals surface area contributed by atoms with Crippen molar-refractivity contribution >= 4 is 34.2 Å². The van der Waals surface area contributed by atoms with Crippen molar-refractivity contribution in [2.24, 2.45) is 0 Å². The van der Waals surface area contributed by atoms with Crippen molar-refractivity contribution in [2.75, 3.05) is 10.6 Å². The number of benzene rings is 2. The lowest BCUT2D eigenvalue weighted by Crippen LogP contribution is -2.02. The molecule has 27 heavy (non-hydrogen) atoms. The molecule has 6 nitrogen and oxygen atoms in total. The molecule has 0 radical (unpaired) electrons. The molecule has 0 saturated heterocycles. The second-order valence-electron chi connectivity index (χ2n) is 6.65. The van der Waals surface area contributed by atoms with E-state index in [1.165, 1.54) is 25.0 Å². The molecule has 2 heterocycles. The zero-order chi connectivity index (χ0) is 18.2. The minimum absolute atomic E-state index is 0.285. The number of H-pyrrole nitrogens is 1. The van der Waals surface area contributed by atoms with Crippen molar-refractivity contribution in [1.29, 1.82) is 0 Å². The van der Waals surface area contributed by atoms with E-state index in [0.717, 1.165) is 22.4 Å². The normalized spacial score (nSPS) is 13.7. The number of hydrogen-bond acceptors (Lipinski definition) is 5. The molecule has 134 valence electrons. The Hall–Kier alpha value is -3.48.